The first kappa shape index (κ1) is 26.2. The van der Waals surface area contributed by atoms with Gasteiger partial charge < -0.3 is 5.32 Å². The van der Waals surface area contributed by atoms with E-state index in [1.165, 1.54) is 52.5 Å². The van der Waals surface area contributed by atoms with Gasteiger partial charge >= 0.3 is 0 Å². The van der Waals surface area contributed by atoms with Gasteiger partial charge in [0.05, 0.1) is 16.6 Å². The third-order valence-corrected chi connectivity index (χ3v) is 9.03. The van der Waals surface area contributed by atoms with E-state index in [4.69, 9.17) is 11.6 Å². The fraction of sp³-hybridized carbons (Fsp3) is 0.345. The molecule has 1 aliphatic rings. The molecule has 3 aromatic carbocycles. The Balaban J connectivity index is 1.62. The first-order valence-corrected chi connectivity index (χ1v) is 14.3. The highest BCUT2D eigenvalue weighted by molar-refractivity contribution is 7.92. The molecule has 0 saturated carbocycles. The number of carbonyl (C=O) groups is 1. The molecule has 0 unspecified atom stereocenters. The number of amides is 1. The van der Waals surface area contributed by atoms with Crippen LogP contribution in [0.2, 0.25) is 5.02 Å². The quantitative estimate of drug-likeness (QED) is 0.376. The molecule has 0 heterocycles. The summed E-state index contributed by atoms with van der Waals surface area (Å²) in [6, 6.07) is 17.7. The molecule has 5 nitrogen and oxygen atoms in total. The largest absolute Gasteiger partial charge is 0.348 e. The molecule has 7 heteroatoms. The van der Waals surface area contributed by atoms with Crippen molar-refractivity contribution in [1.29, 1.82) is 0 Å². The molecule has 1 aliphatic carbocycles. The summed E-state index contributed by atoms with van der Waals surface area (Å²) in [5, 5.41) is 3.53. The number of sulfonamides is 1. The van der Waals surface area contributed by atoms with Gasteiger partial charge in [0.15, 0.2) is 0 Å². The predicted molar refractivity (Wildman–Crippen MR) is 146 cm³/mol. The summed E-state index contributed by atoms with van der Waals surface area (Å²) in [6.45, 7) is 5.59. The van der Waals surface area contributed by atoms with Crippen molar-refractivity contribution < 1.29 is 13.2 Å². The summed E-state index contributed by atoms with van der Waals surface area (Å²) in [5.74, 6) is -0.352. The van der Waals surface area contributed by atoms with Gasteiger partial charge in [-0.15, -0.1) is 0 Å². The molecule has 0 aliphatic heterocycles. The Morgan fingerprint density at radius 1 is 0.944 bits per heavy atom. The van der Waals surface area contributed by atoms with Gasteiger partial charge in [-0.05, 0) is 110 Å². The average molecular weight is 525 g/mol. The minimum Gasteiger partial charge on any atom is -0.348 e. The molecular weight excluding hydrogens is 492 g/mol. The molecule has 0 bridgehead atoms. The Morgan fingerprint density at radius 2 is 1.64 bits per heavy atom. The van der Waals surface area contributed by atoms with Crippen LogP contribution in [0.5, 0.6) is 0 Å². The van der Waals surface area contributed by atoms with E-state index in [1.54, 1.807) is 12.1 Å². The third kappa shape index (κ3) is 5.76. The van der Waals surface area contributed by atoms with E-state index in [2.05, 4.69) is 23.5 Å². The van der Waals surface area contributed by atoms with Crippen LogP contribution in [-0.2, 0) is 27.7 Å². The molecule has 190 valence electrons. The second-order valence-electron chi connectivity index (χ2n) is 9.50. The van der Waals surface area contributed by atoms with E-state index >= 15 is 0 Å². The van der Waals surface area contributed by atoms with Crippen molar-refractivity contribution >= 4 is 33.2 Å². The Morgan fingerprint density at radius 3 is 2.31 bits per heavy atom. The Hall–Kier alpha value is -2.83. The lowest BCUT2D eigenvalue weighted by atomic mass is 9.89. The SMILES string of the molecule is CC[C@@H](NC(=O)CN(c1ccc(C)c(C)c1)S(=O)(=O)c1ccc(Cl)cc1)c1ccc2c(c1)CCCC2. The van der Waals surface area contributed by atoms with Crippen molar-refractivity contribution in [2.24, 2.45) is 0 Å². The van der Waals surface area contributed by atoms with E-state index in [0.29, 0.717) is 17.1 Å². The molecule has 0 spiro atoms. The van der Waals surface area contributed by atoms with E-state index in [1.807, 2.05) is 26.8 Å². The lowest BCUT2D eigenvalue weighted by Gasteiger charge is -2.27. The van der Waals surface area contributed by atoms with Crippen LogP contribution < -0.4 is 9.62 Å². The fourth-order valence-corrected chi connectivity index (χ4v) is 6.23. The summed E-state index contributed by atoms with van der Waals surface area (Å²) in [7, 11) is -4.00. The topological polar surface area (TPSA) is 66.5 Å². The number of hydrogen-bond donors (Lipinski definition) is 1. The number of aryl methyl sites for hydroxylation is 4. The number of benzene rings is 3. The summed E-state index contributed by atoms with van der Waals surface area (Å²) in [6.07, 6.45) is 5.28. The van der Waals surface area contributed by atoms with Crippen LogP contribution in [0, 0.1) is 13.8 Å². The van der Waals surface area contributed by atoms with Crippen LogP contribution in [0.3, 0.4) is 0 Å². The summed E-state index contributed by atoms with van der Waals surface area (Å²) >= 11 is 5.98. The second kappa shape index (κ2) is 11.1. The van der Waals surface area contributed by atoms with Crippen LogP contribution in [0.15, 0.2) is 65.6 Å². The minimum atomic E-state index is -4.00. The lowest BCUT2D eigenvalue weighted by Crippen LogP contribution is -2.42. The maximum absolute atomic E-state index is 13.7. The highest BCUT2D eigenvalue weighted by Crippen LogP contribution is 2.28. The number of nitrogens with one attached hydrogen (secondary N) is 1. The van der Waals surface area contributed by atoms with Crippen molar-refractivity contribution in [3.05, 3.63) is 93.5 Å². The number of nitrogens with zero attached hydrogens (tertiary/aromatic N) is 1. The number of carbonyl (C=O) groups excluding carboxylic acids is 1. The molecule has 4 rings (SSSR count). The zero-order valence-corrected chi connectivity index (χ0v) is 22.6. The molecule has 3 aromatic rings. The van der Waals surface area contributed by atoms with Crippen molar-refractivity contribution in [2.45, 2.75) is 63.8 Å². The zero-order chi connectivity index (χ0) is 25.9. The molecule has 36 heavy (non-hydrogen) atoms. The van der Waals surface area contributed by atoms with Crippen LogP contribution in [-0.4, -0.2) is 20.9 Å². The first-order chi connectivity index (χ1) is 17.2. The van der Waals surface area contributed by atoms with Gasteiger partial charge in [-0.25, -0.2) is 8.42 Å². The molecular formula is C29H33ClN2O3S. The predicted octanol–water partition coefficient (Wildman–Crippen LogP) is 6.30. The summed E-state index contributed by atoms with van der Waals surface area (Å²) < 4.78 is 28.5. The van der Waals surface area contributed by atoms with Crippen molar-refractivity contribution in [1.82, 2.24) is 5.32 Å². The molecule has 1 N–H and O–H groups in total. The number of rotatable bonds is 8. The van der Waals surface area contributed by atoms with Gasteiger partial charge in [0.1, 0.15) is 6.54 Å². The lowest BCUT2D eigenvalue weighted by molar-refractivity contribution is -0.120. The molecule has 0 aromatic heterocycles. The molecule has 0 radical (unpaired) electrons. The maximum Gasteiger partial charge on any atom is 0.264 e. The second-order valence-corrected chi connectivity index (χ2v) is 11.8. The average Bonchev–Trinajstić information content (AvgIpc) is 2.87. The minimum absolute atomic E-state index is 0.0830. The van der Waals surface area contributed by atoms with E-state index in [0.717, 1.165) is 29.5 Å². The molecule has 0 saturated heterocycles. The number of hydrogen-bond acceptors (Lipinski definition) is 3. The summed E-state index contributed by atoms with van der Waals surface area (Å²) in [4.78, 5) is 13.4. The van der Waals surface area contributed by atoms with E-state index in [-0.39, 0.29) is 23.4 Å². The highest BCUT2D eigenvalue weighted by Gasteiger charge is 2.28. The smallest absolute Gasteiger partial charge is 0.264 e. The number of anilines is 1. The summed E-state index contributed by atoms with van der Waals surface area (Å²) in [5.41, 5.74) is 6.25. The third-order valence-electron chi connectivity index (χ3n) is 6.99. The van der Waals surface area contributed by atoms with Crippen LogP contribution in [0.1, 0.15) is 60.0 Å². The van der Waals surface area contributed by atoms with Gasteiger partial charge in [-0.3, -0.25) is 9.10 Å². The van der Waals surface area contributed by atoms with Crippen LogP contribution in [0.25, 0.3) is 0 Å². The van der Waals surface area contributed by atoms with Crippen molar-refractivity contribution in [3.63, 3.8) is 0 Å². The van der Waals surface area contributed by atoms with E-state index in [9.17, 15) is 13.2 Å². The number of halogens is 1. The van der Waals surface area contributed by atoms with Gasteiger partial charge in [0.2, 0.25) is 5.91 Å². The van der Waals surface area contributed by atoms with Gasteiger partial charge in [-0.2, -0.15) is 0 Å². The monoisotopic (exact) mass is 524 g/mol. The number of fused-ring (bicyclic) bond motifs is 1. The van der Waals surface area contributed by atoms with E-state index < -0.39 is 10.0 Å². The van der Waals surface area contributed by atoms with Gasteiger partial charge in [0, 0.05) is 5.02 Å². The van der Waals surface area contributed by atoms with Crippen molar-refractivity contribution in [3.8, 4) is 0 Å². The van der Waals surface area contributed by atoms with Gasteiger partial charge in [-0.1, -0.05) is 42.8 Å². The highest BCUT2D eigenvalue weighted by atomic mass is 35.5. The Labute approximate surface area is 219 Å². The molecule has 0 fully saturated rings. The first-order valence-electron chi connectivity index (χ1n) is 12.5. The van der Waals surface area contributed by atoms with Crippen molar-refractivity contribution in [2.75, 3.05) is 10.8 Å². The zero-order valence-electron chi connectivity index (χ0n) is 21.1. The Kier molecular flexibility index (Phi) is 8.06. The van der Waals surface area contributed by atoms with Crippen LogP contribution >= 0.6 is 11.6 Å². The Bertz CT molecular complexity index is 1350. The molecule has 1 amide bonds. The normalized spacial score (nSPS) is 14.1. The van der Waals surface area contributed by atoms with Gasteiger partial charge in [0.25, 0.3) is 10.0 Å². The molecule has 1 atom stereocenters. The maximum atomic E-state index is 13.7. The van der Waals surface area contributed by atoms with Crippen LogP contribution in [0.4, 0.5) is 5.69 Å². The fourth-order valence-electron chi connectivity index (χ4n) is 4.69. The standard InChI is InChI=1S/C29H33ClN2O3S/c1-4-28(24-11-10-22-7-5-6-8-23(22)18-24)31-29(33)19-32(26-14-9-20(2)21(3)17-26)36(34,35)27-15-12-25(30)13-16-27/h9-18,28H,4-8,19H2,1-3H3,(H,31,33)/t28-/m1/s1.